The maximum absolute atomic E-state index is 8.71. The standard InChI is InChI=1S/C12H20N6/c1-9(2)8-18(6-4-5-13)11-7-10(3)15-12(16-11)17-14/h7,9H,4,6,8,14H2,1-3H3,(H,15,16,17). The Kier molecular flexibility index (Phi) is 5.33. The minimum absolute atomic E-state index is 0.399. The summed E-state index contributed by atoms with van der Waals surface area (Å²) in [5.41, 5.74) is 3.30. The maximum atomic E-state index is 8.71. The number of rotatable bonds is 6. The van der Waals surface area contributed by atoms with E-state index in [1.54, 1.807) is 0 Å². The van der Waals surface area contributed by atoms with Gasteiger partial charge in [0.25, 0.3) is 0 Å². The molecule has 0 saturated heterocycles. The van der Waals surface area contributed by atoms with E-state index in [0.29, 0.717) is 24.8 Å². The number of aryl methyl sites for hydroxylation is 1. The molecule has 0 aliphatic heterocycles. The molecule has 0 unspecified atom stereocenters. The van der Waals surface area contributed by atoms with Crippen molar-refractivity contribution in [3.05, 3.63) is 11.8 Å². The van der Waals surface area contributed by atoms with Crippen molar-refractivity contribution in [1.29, 1.82) is 5.26 Å². The second-order valence-electron chi connectivity index (χ2n) is 4.58. The Labute approximate surface area is 108 Å². The molecule has 0 bridgehead atoms. The van der Waals surface area contributed by atoms with E-state index in [4.69, 9.17) is 11.1 Å². The molecule has 98 valence electrons. The van der Waals surface area contributed by atoms with Gasteiger partial charge in [0.1, 0.15) is 5.82 Å². The summed E-state index contributed by atoms with van der Waals surface area (Å²) in [6, 6.07) is 4.06. The molecule has 6 nitrogen and oxygen atoms in total. The summed E-state index contributed by atoms with van der Waals surface area (Å²) >= 11 is 0. The largest absolute Gasteiger partial charge is 0.355 e. The average molecular weight is 248 g/mol. The van der Waals surface area contributed by atoms with E-state index in [1.165, 1.54) is 0 Å². The molecular formula is C12H20N6. The number of hydrazine groups is 1. The van der Waals surface area contributed by atoms with Gasteiger partial charge >= 0.3 is 0 Å². The molecular weight excluding hydrogens is 228 g/mol. The SMILES string of the molecule is Cc1cc(N(CCC#N)CC(C)C)nc(NN)n1. The van der Waals surface area contributed by atoms with Gasteiger partial charge in [-0.25, -0.2) is 10.8 Å². The van der Waals surface area contributed by atoms with Gasteiger partial charge in [-0.3, -0.25) is 5.43 Å². The van der Waals surface area contributed by atoms with E-state index in [0.717, 1.165) is 18.1 Å². The number of nitrogens with one attached hydrogen (secondary N) is 1. The van der Waals surface area contributed by atoms with Crippen LogP contribution in [0.2, 0.25) is 0 Å². The van der Waals surface area contributed by atoms with Crippen LogP contribution in [0, 0.1) is 24.2 Å². The molecule has 0 aromatic carbocycles. The third kappa shape index (κ3) is 4.18. The Bertz CT molecular complexity index is 423. The third-order valence-corrected chi connectivity index (χ3v) is 2.37. The van der Waals surface area contributed by atoms with Crippen molar-refractivity contribution in [2.24, 2.45) is 11.8 Å². The fourth-order valence-corrected chi connectivity index (χ4v) is 1.70. The Balaban J connectivity index is 2.96. The minimum atomic E-state index is 0.399. The van der Waals surface area contributed by atoms with E-state index < -0.39 is 0 Å². The van der Waals surface area contributed by atoms with Gasteiger partial charge in [0.05, 0.1) is 12.5 Å². The Morgan fingerprint density at radius 1 is 1.50 bits per heavy atom. The first-order valence-corrected chi connectivity index (χ1v) is 6.01. The zero-order chi connectivity index (χ0) is 13.5. The zero-order valence-corrected chi connectivity index (χ0v) is 11.1. The molecule has 0 saturated carbocycles. The molecule has 0 aliphatic carbocycles. The number of hydrogen-bond acceptors (Lipinski definition) is 6. The van der Waals surface area contributed by atoms with Crippen molar-refractivity contribution in [1.82, 2.24) is 9.97 Å². The monoisotopic (exact) mass is 248 g/mol. The van der Waals surface area contributed by atoms with Crippen molar-refractivity contribution in [2.45, 2.75) is 27.2 Å². The summed E-state index contributed by atoms with van der Waals surface area (Å²) in [5, 5.41) is 8.71. The highest BCUT2D eigenvalue weighted by Crippen LogP contribution is 2.16. The van der Waals surface area contributed by atoms with Crippen LogP contribution in [0.15, 0.2) is 6.07 Å². The summed E-state index contributed by atoms with van der Waals surface area (Å²) in [6.07, 6.45) is 0.473. The van der Waals surface area contributed by atoms with E-state index in [-0.39, 0.29) is 0 Å². The Hall–Kier alpha value is -1.87. The molecule has 3 N–H and O–H groups in total. The van der Waals surface area contributed by atoms with Crippen molar-refractivity contribution in [3.63, 3.8) is 0 Å². The maximum Gasteiger partial charge on any atom is 0.239 e. The summed E-state index contributed by atoms with van der Waals surface area (Å²) in [6.45, 7) is 7.67. The van der Waals surface area contributed by atoms with Crippen molar-refractivity contribution in [3.8, 4) is 6.07 Å². The number of nitrogen functional groups attached to an aromatic ring is 1. The van der Waals surface area contributed by atoms with Crippen LogP contribution in [0.3, 0.4) is 0 Å². The van der Waals surface area contributed by atoms with Gasteiger partial charge in [-0.2, -0.15) is 10.2 Å². The van der Waals surface area contributed by atoms with Crippen LogP contribution in [0.25, 0.3) is 0 Å². The van der Waals surface area contributed by atoms with Gasteiger partial charge < -0.3 is 4.90 Å². The van der Waals surface area contributed by atoms with Gasteiger partial charge in [-0.15, -0.1) is 0 Å². The lowest BCUT2D eigenvalue weighted by Crippen LogP contribution is -2.30. The van der Waals surface area contributed by atoms with Gasteiger partial charge in [-0.05, 0) is 12.8 Å². The predicted molar refractivity (Wildman–Crippen MR) is 71.9 cm³/mol. The Morgan fingerprint density at radius 3 is 2.78 bits per heavy atom. The highest BCUT2D eigenvalue weighted by Gasteiger charge is 2.11. The van der Waals surface area contributed by atoms with Crippen LogP contribution in [-0.4, -0.2) is 23.1 Å². The van der Waals surface area contributed by atoms with Gasteiger partial charge in [0.15, 0.2) is 0 Å². The first-order chi connectivity index (χ1) is 8.56. The summed E-state index contributed by atoms with van der Waals surface area (Å²) in [4.78, 5) is 10.6. The molecule has 1 rings (SSSR count). The van der Waals surface area contributed by atoms with Crippen LogP contribution in [0.1, 0.15) is 26.0 Å². The molecule has 0 aliphatic rings. The zero-order valence-electron chi connectivity index (χ0n) is 11.1. The Morgan fingerprint density at radius 2 is 2.22 bits per heavy atom. The smallest absolute Gasteiger partial charge is 0.239 e. The summed E-state index contributed by atoms with van der Waals surface area (Å²) < 4.78 is 0. The molecule has 6 heteroatoms. The lowest BCUT2D eigenvalue weighted by atomic mass is 10.2. The number of nitrogens with two attached hydrogens (primary N) is 1. The molecule has 0 spiro atoms. The fourth-order valence-electron chi connectivity index (χ4n) is 1.70. The number of nitrogens with zero attached hydrogens (tertiary/aromatic N) is 4. The van der Waals surface area contributed by atoms with Crippen molar-refractivity contribution in [2.75, 3.05) is 23.4 Å². The van der Waals surface area contributed by atoms with Crippen LogP contribution >= 0.6 is 0 Å². The van der Waals surface area contributed by atoms with Crippen LogP contribution in [-0.2, 0) is 0 Å². The summed E-state index contributed by atoms with van der Waals surface area (Å²) in [7, 11) is 0. The van der Waals surface area contributed by atoms with Gasteiger partial charge in [-0.1, -0.05) is 13.8 Å². The third-order valence-electron chi connectivity index (χ3n) is 2.37. The normalized spacial score (nSPS) is 10.2. The highest BCUT2D eigenvalue weighted by molar-refractivity contribution is 5.44. The topological polar surface area (TPSA) is 90.9 Å². The van der Waals surface area contributed by atoms with Crippen molar-refractivity contribution < 1.29 is 0 Å². The fraction of sp³-hybridized carbons (Fsp3) is 0.583. The predicted octanol–water partition coefficient (Wildman–Crippen LogP) is 1.45. The second-order valence-corrected chi connectivity index (χ2v) is 4.58. The van der Waals surface area contributed by atoms with E-state index in [1.807, 2.05) is 13.0 Å². The lowest BCUT2D eigenvalue weighted by molar-refractivity contribution is 0.607. The van der Waals surface area contributed by atoms with Gasteiger partial charge in [0.2, 0.25) is 5.95 Å². The van der Waals surface area contributed by atoms with Crippen LogP contribution in [0.4, 0.5) is 11.8 Å². The molecule has 0 radical (unpaired) electrons. The number of anilines is 2. The molecule has 0 atom stereocenters. The van der Waals surface area contributed by atoms with E-state index >= 15 is 0 Å². The summed E-state index contributed by atoms with van der Waals surface area (Å²) in [5.74, 6) is 7.04. The molecule has 1 aromatic heterocycles. The number of hydrogen-bond donors (Lipinski definition) is 2. The van der Waals surface area contributed by atoms with Crippen LogP contribution < -0.4 is 16.2 Å². The van der Waals surface area contributed by atoms with E-state index in [2.05, 4.69) is 40.2 Å². The number of aromatic nitrogens is 2. The lowest BCUT2D eigenvalue weighted by Gasteiger charge is -2.25. The molecule has 18 heavy (non-hydrogen) atoms. The molecule has 0 fully saturated rings. The molecule has 1 heterocycles. The van der Waals surface area contributed by atoms with E-state index in [9.17, 15) is 0 Å². The molecule has 0 amide bonds. The van der Waals surface area contributed by atoms with Crippen molar-refractivity contribution >= 4 is 11.8 Å². The quantitative estimate of drug-likeness (QED) is 0.585. The molecule has 1 aromatic rings. The average Bonchev–Trinajstić information content (AvgIpc) is 2.33. The minimum Gasteiger partial charge on any atom is -0.355 e. The first kappa shape index (κ1) is 14.2. The first-order valence-electron chi connectivity index (χ1n) is 6.01. The second kappa shape index (κ2) is 6.77. The van der Waals surface area contributed by atoms with Crippen LogP contribution in [0.5, 0.6) is 0 Å². The number of nitriles is 1. The highest BCUT2D eigenvalue weighted by atomic mass is 15.3. The van der Waals surface area contributed by atoms with Gasteiger partial charge in [0, 0.05) is 24.8 Å².